The highest BCUT2D eigenvalue weighted by Crippen LogP contribution is 2.45. The molecule has 2 nitrogen and oxygen atoms in total. The molecular weight excluding hydrogens is 460 g/mol. The van der Waals surface area contributed by atoms with Gasteiger partial charge in [0.25, 0.3) is 0 Å². The first-order valence-corrected chi connectivity index (χ1v) is 15.7. The maximum absolute atomic E-state index is 12.1. The summed E-state index contributed by atoms with van der Waals surface area (Å²) in [6.07, 6.45) is 12.8. The van der Waals surface area contributed by atoms with Gasteiger partial charge in [0.15, 0.2) is 0 Å². The summed E-state index contributed by atoms with van der Waals surface area (Å²) < 4.78 is 1.59. The van der Waals surface area contributed by atoms with Gasteiger partial charge in [0.05, 0.1) is 0 Å². The zero-order valence-corrected chi connectivity index (χ0v) is 25.7. The molecule has 38 heavy (non-hydrogen) atoms. The molecule has 2 heteroatoms. The molecule has 0 amide bonds. The van der Waals surface area contributed by atoms with Gasteiger partial charge >= 0.3 is 0 Å². The molecule has 1 heterocycles. The van der Waals surface area contributed by atoms with E-state index in [0.717, 1.165) is 88.4 Å². The number of hydrogen-bond acceptors (Lipinski definition) is 0. The molecule has 1 aliphatic rings. The van der Waals surface area contributed by atoms with E-state index < -0.39 is 0 Å². The molecule has 0 aromatic heterocycles. The number of nitrogens with zero attached hydrogens (tertiary/aromatic N) is 2. The van der Waals surface area contributed by atoms with Crippen molar-refractivity contribution in [3.63, 3.8) is 0 Å². The van der Waals surface area contributed by atoms with Crippen molar-refractivity contribution in [2.24, 2.45) is 0 Å². The highest BCUT2D eigenvalue weighted by molar-refractivity contribution is 5.83. The molecule has 1 aliphatic heterocycles. The van der Waals surface area contributed by atoms with E-state index in [1.165, 1.54) is 55.7 Å². The first-order valence-electron chi connectivity index (χ1n) is 15.7. The van der Waals surface area contributed by atoms with Gasteiger partial charge in [0, 0.05) is 22.3 Å². The van der Waals surface area contributed by atoms with Crippen molar-refractivity contribution in [2.75, 3.05) is 0 Å². The number of benzene rings is 2. The summed E-state index contributed by atoms with van der Waals surface area (Å²) >= 11 is 0. The molecule has 0 fully saturated rings. The average Bonchev–Trinajstić information content (AvgIpc) is 3.23. The van der Waals surface area contributed by atoms with Crippen LogP contribution < -0.4 is 0 Å². The molecule has 206 valence electrons. The number of unbranched alkanes of at least 4 members (excludes halogenated alkanes) is 2. The van der Waals surface area contributed by atoms with E-state index in [2.05, 4.69) is 79.7 Å². The Bertz CT molecular complexity index is 1060. The average molecular weight is 513 g/mol. The number of aryl methyl sites for hydroxylation is 4. The van der Waals surface area contributed by atoms with Crippen LogP contribution in [0.4, 0.5) is 0 Å². The second kappa shape index (κ2) is 14.1. The molecule has 2 aromatic carbocycles. The second-order valence-corrected chi connectivity index (χ2v) is 10.8. The largest absolute Gasteiger partial charge is 0.493 e. The molecule has 0 bridgehead atoms. The Balaban J connectivity index is 2.32. The Kier molecular flexibility index (Phi) is 11.1. The fourth-order valence-electron chi connectivity index (χ4n) is 6.53. The van der Waals surface area contributed by atoms with Crippen molar-refractivity contribution >= 4 is 11.4 Å². The van der Waals surface area contributed by atoms with Gasteiger partial charge in [-0.2, -0.15) is 0 Å². The van der Waals surface area contributed by atoms with E-state index in [-0.39, 0.29) is 0 Å². The summed E-state index contributed by atoms with van der Waals surface area (Å²) in [4.78, 5) is 0. The van der Waals surface area contributed by atoms with Gasteiger partial charge < -0.3 is 5.53 Å². The van der Waals surface area contributed by atoms with E-state index in [1.807, 2.05) is 0 Å². The van der Waals surface area contributed by atoms with Crippen LogP contribution in [0.25, 0.3) is 16.9 Å². The zero-order valence-electron chi connectivity index (χ0n) is 25.7. The van der Waals surface area contributed by atoms with E-state index >= 15 is 0 Å². The smallest absolute Gasteiger partial charge is 0.211 e. The van der Waals surface area contributed by atoms with E-state index in [0.29, 0.717) is 0 Å². The predicted molar refractivity (Wildman–Crippen MR) is 166 cm³/mol. The monoisotopic (exact) mass is 512 g/mol. The third kappa shape index (κ3) is 5.90. The molecule has 0 saturated heterocycles. The number of hydrogen-bond donors (Lipinski definition) is 0. The van der Waals surface area contributed by atoms with Crippen LogP contribution in [0.3, 0.4) is 0 Å². The first kappa shape index (κ1) is 30.1. The minimum atomic E-state index is 1.01. The van der Waals surface area contributed by atoms with Crippen LogP contribution in [0.1, 0.15) is 138 Å². The van der Waals surface area contributed by atoms with Gasteiger partial charge in [0.1, 0.15) is 0 Å². The lowest BCUT2D eigenvalue weighted by Gasteiger charge is -2.17. The molecule has 0 spiro atoms. The molecule has 3 rings (SSSR count). The van der Waals surface area contributed by atoms with Crippen molar-refractivity contribution in [1.29, 1.82) is 0 Å². The minimum Gasteiger partial charge on any atom is -0.493 e. The van der Waals surface area contributed by atoms with Crippen LogP contribution in [-0.2, 0) is 38.5 Å². The molecule has 0 N–H and O–H groups in total. The summed E-state index contributed by atoms with van der Waals surface area (Å²) in [5, 5.41) is 0. The molecule has 0 unspecified atom stereocenters. The quantitative estimate of drug-likeness (QED) is 0.225. The Hall–Kier alpha value is -2.48. The van der Waals surface area contributed by atoms with Crippen LogP contribution in [0.2, 0.25) is 0 Å². The molecular formula is C36H52N2. The van der Waals surface area contributed by atoms with Gasteiger partial charge in [-0.05, 0) is 122 Å². The van der Waals surface area contributed by atoms with Crippen molar-refractivity contribution in [3.05, 3.63) is 85.5 Å². The summed E-state index contributed by atoms with van der Waals surface area (Å²) in [7, 11) is 0. The lowest BCUT2D eigenvalue weighted by Crippen LogP contribution is -2.07. The summed E-state index contributed by atoms with van der Waals surface area (Å²) in [6, 6.07) is 9.49. The van der Waals surface area contributed by atoms with Gasteiger partial charge in [-0.3, -0.25) is 0 Å². The lowest BCUT2D eigenvalue weighted by atomic mass is 9.88. The molecule has 0 atom stereocenters. The Morgan fingerprint density at radius 3 is 1.05 bits per heavy atom. The van der Waals surface area contributed by atoms with Crippen LogP contribution in [0.15, 0.2) is 35.4 Å². The lowest BCUT2D eigenvalue weighted by molar-refractivity contribution is -0.345. The fourth-order valence-corrected chi connectivity index (χ4v) is 6.53. The Morgan fingerprint density at radius 2 is 0.816 bits per heavy atom. The normalized spacial score (nSPS) is 13.8. The molecule has 0 aliphatic carbocycles. The third-order valence-corrected chi connectivity index (χ3v) is 8.57. The highest BCUT2D eigenvalue weighted by atomic mass is 15.2. The molecule has 0 saturated carbocycles. The zero-order chi connectivity index (χ0) is 27.8. The van der Waals surface area contributed by atoms with E-state index in [9.17, 15) is 5.53 Å². The van der Waals surface area contributed by atoms with Gasteiger partial charge in [-0.1, -0.05) is 68.2 Å². The van der Waals surface area contributed by atoms with Crippen LogP contribution in [0, 0.1) is 0 Å². The highest BCUT2D eigenvalue weighted by Gasteiger charge is 2.36. The van der Waals surface area contributed by atoms with Crippen molar-refractivity contribution < 1.29 is 4.70 Å². The topological polar surface area (TPSA) is 25.3 Å². The fraction of sp³-hybridized carbons (Fsp3) is 0.556. The van der Waals surface area contributed by atoms with Gasteiger partial charge in [-0.25, -0.2) is 4.70 Å². The number of allylic oxidation sites excluding steroid dienone is 2. The SMILES string of the molecule is CCCCC1=C(c2cc(CC)c(CC)c(CC)c2)[N+](=[N-])C(c2cc(CC)c(CC)c(CC)c2)=C1CCCC. The minimum absolute atomic E-state index is 1.01. The first-order chi connectivity index (χ1) is 18.4. The van der Waals surface area contributed by atoms with Crippen LogP contribution >= 0.6 is 0 Å². The maximum atomic E-state index is 12.1. The van der Waals surface area contributed by atoms with Crippen molar-refractivity contribution in [1.82, 2.24) is 0 Å². The summed E-state index contributed by atoms with van der Waals surface area (Å²) in [5.74, 6) is 0. The molecule has 0 radical (unpaired) electrons. The predicted octanol–water partition coefficient (Wildman–Crippen LogP) is 10.6. The summed E-state index contributed by atoms with van der Waals surface area (Å²) in [5.41, 5.74) is 28.0. The molecule has 2 aromatic rings. The van der Waals surface area contributed by atoms with Crippen LogP contribution in [-0.4, -0.2) is 4.70 Å². The second-order valence-electron chi connectivity index (χ2n) is 10.8. The van der Waals surface area contributed by atoms with Gasteiger partial charge in [-0.15, -0.1) is 0 Å². The third-order valence-electron chi connectivity index (χ3n) is 8.57. The van der Waals surface area contributed by atoms with Crippen LogP contribution in [0.5, 0.6) is 0 Å². The van der Waals surface area contributed by atoms with Gasteiger partial charge in [0.2, 0.25) is 11.4 Å². The number of rotatable bonds is 14. The standard InChI is InChI=1S/C36H52N2/c1-9-17-19-33-34(20-18-10-2)36(30-23-27(13-5)32(16-8)28(14-6)24-30)38(37)35(33)29-21-25(11-3)31(15-7)26(12-4)22-29/h21-24H,9-20H2,1-8H3. The van der Waals surface area contributed by atoms with Crippen molar-refractivity contribution in [2.45, 2.75) is 132 Å². The summed E-state index contributed by atoms with van der Waals surface area (Å²) in [6.45, 7) is 18.1. The van der Waals surface area contributed by atoms with Crippen molar-refractivity contribution in [3.8, 4) is 0 Å². The Labute approximate surface area is 233 Å². The Morgan fingerprint density at radius 1 is 0.500 bits per heavy atom. The van der Waals surface area contributed by atoms with E-state index in [1.54, 1.807) is 4.70 Å². The van der Waals surface area contributed by atoms with E-state index in [4.69, 9.17) is 0 Å². The maximum Gasteiger partial charge on any atom is 0.211 e.